The zero-order valence-electron chi connectivity index (χ0n) is 17.6. The molecule has 2 heterocycles. The largest absolute Gasteiger partial charge is 0.463 e. The van der Waals surface area contributed by atoms with E-state index in [1.807, 2.05) is 38.1 Å². The first-order chi connectivity index (χ1) is 14.0. The fourth-order valence-electron chi connectivity index (χ4n) is 4.09. The number of allylic oxidation sites excluding steroid dienone is 1. The van der Waals surface area contributed by atoms with Gasteiger partial charge < -0.3 is 15.4 Å². The van der Waals surface area contributed by atoms with E-state index >= 15 is 0 Å². The van der Waals surface area contributed by atoms with Gasteiger partial charge in [0.1, 0.15) is 5.50 Å². The number of amides is 1. The number of esters is 1. The van der Waals surface area contributed by atoms with Gasteiger partial charge in [-0.1, -0.05) is 37.6 Å². The molecule has 4 atom stereocenters. The average molecular weight is 418 g/mol. The fourth-order valence-corrected chi connectivity index (χ4v) is 5.23. The molecule has 158 valence electrons. The Kier molecular flexibility index (Phi) is 7.24. The first-order valence-corrected chi connectivity index (χ1v) is 11.4. The number of thioether (sulfide) groups is 1. The van der Waals surface area contributed by atoms with Crippen LogP contribution in [-0.2, 0) is 14.3 Å². The fraction of sp³-hybridized carbons (Fsp3) is 0.545. The molecular weight excluding hydrogens is 386 g/mol. The minimum Gasteiger partial charge on any atom is -0.463 e. The number of ether oxygens (including phenoxy) is 1. The lowest BCUT2D eigenvalue weighted by Crippen LogP contribution is -2.67. The summed E-state index contributed by atoms with van der Waals surface area (Å²) in [5.74, 6) is -0.234. The normalized spacial score (nSPS) is 26.4. The predicted octanol–water partition coefficient (Wildman–Crippen LogP) is 3.00. The molecule has 1 aromatic rings. The number of unbranched alkanes of at least 4 members (excludes halogenated alkanes) is 1. The van der Waals surface area contributed by atoms with Crippen molar-refractivity contribution >= 4 is 23.6 Å². The van der Waals surface area contributed by atoms with Crippen LogP contribution in [0.3, 0.4) is 0 Å². The lowest BCUT2D eigenvalue weighted by Gasteiger charge is -2.45. The van der Waals surface area contributed by atoms with Crippen LogP contribution in [0, 0.1) is 12.8 Å². The third-order valence-electron chi connectivity index (χ3n) is 5.51. The van der Waals surface area contributed by atoms with E-state index in [0.29, 0.717) is 12.2 Å². The zero-order chi connectivity index (χ0) is 21.0. The van der Waals surface area contributed by atoms with Crippen LogP contribution in [0.1, 0.15) is 50.7 Å². The van der Waals surface area contributed by atoms with Crippen LogP contribution in [0.5, 0.6) is 0 Å². The van der Waals surface area contributed by atoms with E-state index in [2.05, 4.69) is 22.9 Å². The molecule has 0 saturated carbocycles. The standard InChI is InChI=1S/C22H31N3O3S/c1-5-7-12-29-22-24-19-18(20(26)25-22)17(15-11-9-8-10-13(15)3)16(14(4)23-19)21(27)28-6-2/h8-11,17-19,22-24H,5-7,12H2,1-4H3,(H,25,26). The van der Waals surface area contributed by atoms with E-state index < -0.39 is 5.92 Å². The molecule has 3 rings (SSSR count). The summed E-state index contributed by atoms with van der Waals surface area (Å²) in [6.07, 6.45) is 1.99. The van der Waals surface area contributed by atoms with Crippen molar-refractivity contribution in [2.75, 3.05) is 12.4 Å². The molecule has 0 bridgehead atoms. The van der Waals surface area contributed by atoms with Gasteiger partial charge in [0.25, 0.3) is 0 Å². The van der Waals surface area contributed by atoms with E-state index in [0.717, 1.165) is 35.4 Å². The van der Waals surface area contributed by atoms with E-state index in [-0.39, 0.29) is 29.5 Å². The Bertz CT molecular complexity index is 795. The van der Waals surface area contributed by atoms with Crippen molar-refractivity contribution < 1.29 is 14.3 Å². The number of benzene rings is 1. The number of hydrogen-bond acceptors (Lipinski definition) is 6. The van der Waals surface area contributed by atoms with Crippen molar-refractivity contribution in [2.24, 2.45) is 5.92 Å². The monoisotopic (exact) mass is 417 g/mol. The summed E-state index contributed by atoms with van der Waals surface area (Å²) in [6.45, 7) is 8.15. The smallest absolute Gasteiger partial charge is 0.336 e. The van der Waals surface area contributed by atoms with Gasteiger partial charge in [0.15, 0.2) is 0 Å². The Morgan fingerprint density at radius 2 is 1.93 bits per heavy atom. The van der Waals surface area contributed by atoms with E-state index in [9.17, 15) is 9.59 Å². The molecule has 2 aliphatic heterocycles. The average Bonchev–Trinajstić information content (AvgIpc) is 2.67. The Labute approximate surface area is 177 Å². The van der Waals surface area contributed by atoms with Crippen LogP contribution in [-0.4, -0.2) is 35.9 Å². The summed E-state index contributed by atoms with van der Waals surface area (Å²) < 4.78 is 5.35. The maximum atomic E-state index is 13.2. The summed E-state index contributed by atoms with van der Waals surface area (Å²) in [4.78, 5) is 26.1. The molecule has 1 fully saturated rings. The summed E-state index contributed by atoms with van der Waals surface area (Å²) in [5, 5.41) is 9.99. The van der Waals surface area contributed by atoms with Gasteiger partial charge in [0.05, 0.1) is 24.3 Å². The second-order valence-corrected chi connectivity index (χ2v) is 8.73. The van der Waals surface area contributed by atoms with Crippen LogP contribution in [0.2, 0.25) is 0 Å². The number of carbonyl (C=O) groups is 2. The lowest BCUT2D eigenvalue weighted by molar-refractivity contribution is -0.139. The molecule has 0 radical (unpaired) electrons. The number of nitrogens with one attached hydrogen (secondary N) is 3. The van der Waals surface area contributed by atoms with Crippen LogP contribution < -0.4 is 16.0 Å². The molecule has 2 aliphatic rings. The van der Waals surface area contributed by atoms with Crippen molar-refractivity contribution in [2.45, 2.75) is 58.1 Å². The molecule has 1 saturated heterocycles. The van der Waals surface area contributed by atoms with Crippen molar-refractivity contribution in [1.29, 1.82) is 0 Å². The first-order valence-electron chi connectivity index (χ1n) is 10.4. The maximum Gasteiger partial charge on any atom is 0.336 e. The van der Waals surface area contributed by atoms with E-state index in [1.165, 1.54) is 0 Å². The number of aryl methyl sites for hydroxylation is 1. The van der Waals surface area contributed by atoms with Crippen molar-refractivity contribution in [3.63, 3.8) is 0 Å². The second-order valence-electron chi connectivity index (χ2n) is 7.52. The Morgan fingerprint density at radius 3 is 2.62 bits per heavy atom. The Balaban J connectivity index is 1.98. The van der Waals surface area contributed by atoms with Crippen molar-refractivity contribution in [1.82, 2.24) is 16.0 Å². The van der Waals surface area contributed by atoms with Gasteiger partial charge >= 0.3 is 5.97 Å². The number of rotatable bonds is 7. The molecule has 3 N–H and O–H groups in total. The second kappa shape index (κ2) is 9.67. The number of fused-ring (bicyclic) bond motifs is 1. The van der Waals surface area contributed by atoms with Gasteiger partial charge in [0.2, 0.25) is 5.91 Å². The minimum atomic E-state index is -0.442. The van der Waals surface area contributed by atoms with E-state index in [4.69, 9.17) is 4.74 Å². The molecule has 0 aromatic heterocycles. The van der Waals surface area contributed by atoms with Gasteiger partial charge in [-0.3, -0.25) is 10.1 Å². The zero-order valence-corrected chi connectivity index (χ0v) is 18.4. The number of hydrogen-bond donors (Lipinski definition) is 3. The minimum absolute atomic E-state index is 0.0437. The molecule has 0 aliphatic carbocycles. The highest BCUT2D eigenvalue weighted by Crippen LogP contribution is 2.41. The molecular formula is C22H31N3O3S. The summed E-state index contributed by atoms with van der Waals surface area (Å²) in [5.41, 5.74) is 3.20. The van der Waals surface area contributed by atoms with Crippen LogP contribution in [0.25, 0.3) is 0 Å². The van der Waals surface area contributed by atoms with Crippen LogP contribution in [0.15, 0.2) is 35.5 Å². The molecule has 1 aromatic carbocycles. The highest BCUT2D eigenvalue weighted by Gasteiger charge is 2.48. The molecule has 7 heteroatoms. The lowest BCUT2D eigenvalue weighted by atomic mass is 9.73. The number of carbonyl (C=O) groups excluding carboxylic acids is 2. The molecule has 0 spiro atoms. The molecule has 29 heavy (non-hydrogen) atoms. The molecule has 6 nitrogen and oxygen atoms in total. The van der Waals surface area contributed by atoms with E-state index in [1.54, 1.807) is 18.7 Å². The highest BCUT2D eigenvalue weighted by molar-refractivity contribution is 7.99. The van der Waals surface area contributed by atoms with Gasteiger partial charge in [-0.2, -0.15) is 0 Å². The molecule has 4 unspecified atom stereocenters. The van der Waals surface area contributed by atoms with Gasteiger partial charge in [-0.15, -0.1) is 11.8 Å². The van der Waals surface area contributed by atoms with Crippen LogP contribution in [0.4, 0.5) is 0 Å². The Morgan fingerprint density at radius 1 is 1.17 bits per heavy atom. The summed E-state index contributed by atoms with van der Waals surface area (Å²) in [6, 6.07) is 7.94. The van der Waals surface area contributed by atoms with Crippen molar-refractivity contribution in [3.8, 4) is 0 Å². The highest BCUT2D eigenvalue weighted by atomic mass is 32.2. The summed E-state index contributed by atoms with van der Waals surface area (Å²) in [7, 11) is 0. The summed E-state index contributed by atoms with van der Waals surface area (Å²) >= 11 is 1.71. The third kappa shape index (κ3) is 4.61. The van der Waals surface area contributed by atoms with Gasteiger partial charge in [-0.25, -0.2) is 4.79 Å². The quantitative estimate of drug-likeness (QED) is 0.468. The van der Waals surface area contributed by atoms with Gasteiger partial charge in [0, 0.05) is 11.6 Å². The van der Waals surface area contributed by atoms with Crippen molar-refractivity contribution in [3.05, 3.63) is 46.7 Å². The Hall–Kier alpha value is -1.99. The first kappa shape index (κ1) is 21.7. The topological polar surface area (TPSA) is 79.5 Å². The molecule has 1 amide bonds. The SMILES string of the molecule is CCCCSC1NC(=O)C2C(NC(C)=C(C(=O)OCC)C2c2ccccc2C)N1. The predicted molar refractivity (Wildman–Crippen MR) is 116 cm³/mol. The maximum absolute atomic E-state index is 13.2. The van der Waals surface area contributed by atoms with Gasteiger partial charge in [-0.05, 0) is 44.1 Å². The third-order valence-corrected chi connectivity index (χ3v) is 6.63. The van der Waals surface area contributed by atoms with Crippen LogP contribution >= 0.6 is 11.8 Å².